The fourth-order valence-electron chi connectivity index (χ4n) is 2.73. The maximum atomic E-state index is 12.9. The van der Waals surface area contributed by atoms with E-state index in [1.165, 1.54) is 4.52 Å². The van der Waals surface area contributed by atoms with E-state index < -0.39 is 12.8 Å². The van der Waals surface area contributed by atoms with Crippen LogP contribution in [-0.2, 0) is 6.42 Å². The lowest BCUT2D eigenvalue weighted by Crippen LogP contribution is -2.08. The van der Waals surface area contributed by atoms with Crippen LogP contribution in [0, 0.1) is 0 Å². The maximum Gasteiger partial charge on any atom is 0.244 e. The predicted molar refractivity (Wildman–Crippen MR) is 81.3 cm³/mol. The normalized spacial score (nSPS) is 11.8. The Bertz CT molecular complexity index is 1000. The lowest BCUT2D eigenvalue weighted by Gasteiger charge is -2.07. The van der Waals surface area contributed by atoms with Gasteiger partial charge in [-0.2, -0.15) is 5.10 Å². The number of hydrogen-bond acceptors (Lipinski definition) is 4. The Balaban J connectivity index is 1.95. The maximum absolute atomic E-state index is 12.9. The molecule has 0 fully saturated rings. The van der Waals surface area contributed by atoms with Gasteiger partial charge in [-0.1, -0.05) is 0 Å². The van der Waals surface area contributed by atoms with Crippen molar-refractivity contribution >= 4 is 17.0 Å². The first kappa shape index (κ1) is 13.6. The highest BCUT2D eigenvalue weighted by Crippen LogP contribution is 2.29. The summed E-state index contributed by atoms with van der Waals surface area (Å²) in [4.78, 5) is 4.00. The Kier molecular flexibility index (Phi) is 2.97. The molecule has 4 aromatic heterocycles. The summed E-state index contributed by atoms with van der Waals surface area (Å²) in [7, 11) is 0. The summed E-state index contributed by atoms with van der Waals surface area (Å²) in [6.45, 7) is 0. The van der Waals surface area contributed by atoms with Gasteiger partial charge in [0.25, 0.3) is 0 Å². The number of nitrogen functional groups attached to an aromatic ring is 1. The molecule has 0 aliphatic heterocycles. The molecular weight excluding hydrogens is 302 g/mol. The van der Waals surface area contributed by atoms with Crippen molar-refractivity contribution in [3.63, 3.8) is 0 Å². The number of rotatable bonds is 3. The first-order chi connectivity index (χ1) is 11.1. The molecule has 4 rings (SSSR count). The van der Waals surface area contributed by atoms with Crippen LogP contribution in [0.15, 0.2) is 42.9 Å². The molecule has 0 spiro atoms. The number of nitrogens with zero attached hydrogens (tertiary/aromatic N) is 5. The van der Waals surface area contributed by atoms with Crippen LogP contribution in [0.25, 0.3) is 22.2 Å². The van der Waals surface area contributed by atoms with Crippen molar-refractivity contribution in [3.8, 4) is 11.1 Å². The van der Waals surface area contributed by atoms with Gasteiger partial charge in [-0.05, 0) is 29.8 Å². The van der Waals surface area contributed by atoms with E-state index in [1.807, 2.05) is 30.5 Å². The average Bonchev–Trinajstić information content (AvgIpc) is 3.11. The SMILES string of the molecule is Nc1nc(CC(F)F)c2c(-c3ccn4nccc4c3)ccn2n1. The van der Waals surface area contributed by atoms with Gasteiger partial charge in [-0.15, -0.1) is 5.10 Å². The van der Waals surface area contributed by atoms with E-state index >= 15 is 0 Å². The van der Waals surface area contributed by atoms with Gasteiger partial charge in [0.15, 0.2) is 0 Å². The zero-order valence-electron chi connectivity index (χ0n) is 11.9. The molecule has 2 N–H and O–H groups in total. The Labute approximate surface area is 129 Å². The number of alkyl halides is 2. The minimum atomic E-state index is -2.51. The molecule has 0 unspecified atom stereocenters. The van der Waals surface area contributed by atoms with Crippen LogP contribution in [0.2, 0.25) is 0 Å². The predicted octanol–water partition coefficient (Wildman–Crippen LogP) is 2.43. The third kappa shape index (κ3) is 2.28. The number of anilines is 1. The average molecular weight is 314 g/mol. The molecule has 4 heterocycles. The van der Waals surface area contributed by atoms with Gasteiger partial charge in [0.05, 0.1) is 23.1 Å². The molecule has 0 amide bonds. The largest absolute Gasteiger partial charge is 0.367 e. The Hall–Kier alpha value is -3.03. The second-order valence-corrected chi connectivity index (χ2v) is 5.15. The fraction of sp³-hybridized carbons (Fsp3) is 0.133. The first-order valence-electron chi connectivity index (χ1n) is 6.97. The first-order valence-corrected chi connectivity index (χ1v) is 6.97. The minimum Gasteiger partial charge on any atom is -0.367 e. The molecule has 0 aliphatic rings. The summed E-state index contributed by atoms with van der Waals surface area (Å²) in [6, 6.07) is 7.50. The van der Waals surface area contributed by atoms with Gasteiger partial charge in [-0.25, -0.2) is 22.8 Å². The van der Waals surface area contributed by atoms with Crippen molar-refractivity contribution in [2.24, 2.45) is 0 Å². The molecule has 0 aromatic carbocycles. The molecule has 0 bridgehead atoms. The van der Waals surface area contributed by atoms with Gasteiger partial charge >= 0.3 is 0 Å². The summed E-state index contributed by atoms with van der Waals surface area (Å²) in [5.74, 6) is -0.0263. The van der Waals surface area contributed by atoms with Gasteiger partial charge in [-0.3, -0.25) is 0 Å². The molecular formula is C15H12F2N6. The van der Waals surface area contributed by atoms with Gasteiger partial charge in [0, 0.05) is 24.2 Å². The van der Waals surface area contributed by atoms with Crippen molar-refractivity contribution in [2.75, 3.05) is 5.73 Å². The summed E-state index contributed by atoms with van der Waals surface area (Å²) < 4.78 is 29.0. The second kappa shape index (κ2) is 5.01. The number of halogens is 2. The molecule has 116 valence electrons. The molecule has 6 nitrogen and oxygen atoms in total. The van der Waals surface area contributed by atoms with Crippen molar-refractivity contribution < 1.29 is 8.78 Å². The van der Waals surface area contributed by atoms with Crippen LogP contribution in [0.1, 0.15) is 5.69 Å². The van der Waals surface area contributed by atoms with E-state index in [0.29, 0.717) is 5.52 Å². The highest BCUT2D eigenvalue weighted by molar-refractivity contribution is 5.84. The lowest BCUT2D eigenvalue weighted by atomic mass is 10.1. The monoisotopic (exact) mass is 314 g/mol. The Morgan fingerprint density at radius 3 is 2.78 bits per heavy atom. The van der Waals surface area contributed by atoms with E-state index in [9.17, 15) is 8.78 Å². The molecule has 8 heteroatoms. The van der Waals surface area contributed by atoms with E-state index in [1.54, 1.807) is 16.9 Å². The van der Waals surface area contributed by atoms with Gasteiger partial charge in [0.1, 0.15) is 0 Å². The molecule has 0 saturated carbocycles. The standard InChI is InChI=1S/C15H12F2N6/c16-13(17)8-12-14-11(3-6-23(14)21-15(18)20-12)9-2-5-22-10(7-9)1-4-19-22/h1-7,13H,8H2,(H2,18,21). The van der Waals surface area contributed by atoms with E-state index in [4.69, 9.17) is 5.73 Å². The number of hydrogen-bond donors (Lipinski definition) is 1. The third-order valence-corrected chi connectivity index (χ3v) is 3.66. The molecule has 0 aliphatic carbocycles. The van der Waals surface area contributed by atoms with Crippen LogP contribution in [0.5, 0.6) is 0 Å². The van der Waals surface area contributed by atoms with Crippen LogP contribution < -0.4 is 5.73 Å². The minimum absolute atomic E-state index is 0.0263. The second-order valence-electron chi connectivity index (χ2n) is 5.15. The van der Waals surface area contributed by atoms with Crippen molar-refractivity contribution in [3.05, 3.63) is 48.5 Å². The number of fused-ring (bicyclic) bond motifs is 2. The Morgan fingerprint density at radius 1 is 1.13 bits per heavy atom. The zero-order chi connectivity index (χ0) is 16.0. The smallest absolute Gasteiger partial charge is 0.244 e. The lowest BCUT2D eigenvalue weighted by molar-refractivity contribution is 0.148. The quantitative estimate of drug-likeness (QED) is 0.630. The molecule has 0 radical (unpaired) electrons. The van der Waals surface area contributed by atoms with E-state index in [0.717, 1.165) is 16.6 Å². The van der Waals surface area contributed by atoms with Gasteiger partial charge in [0.2, 0.25) is 12.4 Å². The van der Waals surface area contributed by atoms with Gasteiger partial charge < -0.3 is 5.73 Å². The van der Waals surface area contributed by atoms with Crippen LogP contribution in [-0.4, -0.2) is 30.6 Å². The van der Waals surface area contributed by atoms with E-state index in [-0.39, 0.29) is 11.6 Å². The van der Waals surface area contributed by atoms with Crippen LogP contribution in [0.4, 0.5) is 14.7 Å². The highest BCUT2D eigenvalue weighted by Gasteiger charge is 2.17. The molecule has 23 heavy (non-hydrogen) atoms. The molecule has 0 atom stereocenters. The highest BCUT2D eigenvalue weighted by atomic mass is 19.3. The topological polar surface area (TPSA) is 73.5 Å². The summed E-state index contributed by atoms with van der Waals surface area (Å²) in [5, 5.41) is 8.21. The van der Waals surface area contributed by atoms with Crippen LogP contribution in [0.3, 0.4) is 0 Å². The van der Waals surface area contributed by atoms with E-state index in [2.05, 4.69) is 15.2 Å². The molecule has 4 aromatic rings. The molecule has 0 saturated heterocycles. The van der Waals surface area contributed by atoms with Crippen molar-refractivity contribution in [1.29, 1.82) is 0 Å². The summed E-state index contributed by atoms with van der Waals surface area (Å²) in [6.07, 6.45) is 2.23. The summed E-state index contributed by atoms with van der Waals surface area (Å²) >= 11 is 0. The zero-order valence-corrected chi connectivity index (χ0v) is 11.9. The van der Waals surface area contributed by atoms with Crippen molar-refractivity contribution in [1.82, 2.24) is 24.2 Å². The van der Waals surface area contributed by atoms with Crippen molar-refractivity contribution in [2.45, 2.75) is 12.8 Å². The number of nitrogens with two attached hydrogens (primary N) is 1. The third-order valence-electron chi connectivity index (χ3n) is 3.66. The number of aromatic nitrogens is 5. The fourth-order valence-corrected chi connectivity index (χ4v) is 2.73. The summed E-state index contributed by atoms with van der Waals surface area (Å²) in [5.41, 5.74) is 8.96. The number of pyridine rings is 1. The Morgan fingerprint density at radius 2 is 1.96 bits per heavy atom. The van der Waals surface area contributed by atoms with Crippen LogP contribution >= 0.6 is 0 Å².